The molecule has 0 fully saturated rings. The van der Waals surface area contributed by atoms with Crippen LogP contribution in [0.25, 0.3) is 16.7 Å². The first-order valence-corrected chi connectivity index (χ1v) is 9.21. The van der Waals surface area contributed by atoms with E-state index in [1.807, 2.05) is 41.0 Å². The highest BCUT2D eigenvalue weighted by Gasteiger charge is 2.15. The molecule has 7 heteroatoms. The summed E-state index contributed by atoms with van der Waals surface area (Å²) in [5.41, 5.74) is 3.94. The van der Waals surface area contributed by atoms with Crippen molar-refractivity contribution in [3.05, 3.63) is 84.2 Å². The van der Waals surface area contributed by atoms with Crippen LogP contribution < -0.4 is 10.1 Å². The Kier molecular flexibility index (Phi) is 5.17. The number of carbonyl (C=O) groups excluding carboxylic acids is 2. The summed E-state index contributed by atoms with van der Waals surface area (Å²) >= 11 is 0. The lowest BCUT2D eigenvalue weighted by Gasteiger charge is -2.11. The average Bonchev–Trinajstić information content (AvgIpc) is 3.22. The number of imidazole rings is 1. The highest BCUT2D eigenvalue weighted by atomic mass is 16.5. The van der Waals surface area contributed by atoms with Gasteiger partial charge >= 0.3 is 5.97 Å². The number of para-hydroxylation sites is 2. The van der Waals surface area contributed by atoms with Crippen LogP contribution in [0.4, 0.5) is 5.69 Å². The quantitative estimate of drug-likeness (QED) is 0.510. The second-order valence-electron chi connectivity index (χ2n) is 6.51. The number of benzene rings is 3. The van der Waals surface area contributed by atoms with Crippen molar-refractivity contribution in [3.8, 4) is 11.4 Å². The van der Waals surface area contributed by atoms with Gasteiger partial charge in [0.2, 0.25) is 0 Å². The zero-order valence-electron chi connectivity index (χ0n) is 16.5. The normalized spacial score (nSPS) is 10.6. The lowest BCUT2D eigenvalue weighted by molar-refractivity contribution is 0.0597. The summed E-state index contributed by atoms with van der Waals surface area (Å²) in [6.07, 6.45) is 1.73. The second kappa shape index (κ2) is 8.08. The number of rotatable bonds is 5. The van der Waals surface area contributed by atoms with Crippen LogP contribution in [0.15, 0.2) is 73.1 Å². The Bertz CT molecular complexity index is 1250. The summed E-state index contributed by atoms with van der Waals surface area (Å²) in [5.74, 6) is -0.475. The van der Waals surface area contributed by atoms with E-state index in [2.05, 4.69) is 10.3 Å². The molecule has 0 unspecified atom stereocenters. The van der Waals surface area contributed by atoms with Crippen LogP contribution in [0.2, 0.25) is 0 Å². The van der Waals surface area contributed by atoms with Gasteiger partial charge in [-0.2, -0.15) is 0 Å². The predicted molar refractivity (Wildman–Crippen MR) is 113 cm³/mol. The Morgan fingerprint density at radius 1 is 0.967 bits per heavy atom. The molecule has 30 heavy (non-hydrogen) atoms. The third kappa shape index (κ3) is 3.60. The third-order valence-electron chi connectivity index (χ3n) is 4.70. The van der Waals surface area contributed by atoms with E-state index >= 15 is 0 Å². The number of hydrogen-bond acceptors (Lipinski definition) is 5. The standard InChI is InChI=1S/C23H19N3O4/c1-29-21-13-16(10-11-18(21)23(28)30-2)25-22(27)15-6-5-7-17(12-15)26-14-24-19-8-3-4-9-20(19)26/h3-14H,1-2H3,(H,25,27). The van der Waals surface area contributed by atoms with Crippen molar-refractivity contribution in [2.75, 3.05) is 19.5 Å². The first kappa shape index (κ1) is 19.2. The van der Waals surface area contributed by atoms with E-state index < -0.39 is 5.97 Å². The van der Waals surface area contributed by atoms with E-state index in [0.29, 0.717) is 17.0 Å². The van der Waals surface area contributed by atoms with Crippen molar-refractivity contribution in [1.29, 1.82) is 0 Å². The van der Waals surface area contributed by atoms with Crippen LogP contribution in [0.1, 0.15) is 20.7 Å². The van der Waals surface area contributed by atoms with E-state index in [1.165, 1.54) is 14.2 Å². The Balaban J connectivity index is 1.60. The fraction of sp³-hybridized carbons (Fsp3) is 0.0870. The van der Waals surface area contributed by atoms with E-state index in [-0.39, 0.29) is 11.5 Å². The number of esters is 1. The van der Waals surface area contributed by atoms with Crippen molar-refractivity contribution in [1.82, 2.24) is 9.55 Å². The van der Waals surface area contributed by atoms with E-state index in [1.54, 1.807) is 36.7 Å². The summed E-state index contributed by atoms with van der Waals surface area (Å²) in [5, 5.41) is 2.83. The highest BCUT2D eigenvalue weighted by molar-refractivity contribution is 6.05. The monoisotopic (exact) mass is 401 g/mol. The Labute approximate surface area is 172 Å². The van der Waals surface area contributed by atoms with Crippen molar-refractivity contribution in [3.63, 3.8) is 0 Å². The maximum atomic E-state index is 12.8. The summed E-state index contributed by atoms with van der Waals surface area (Å²) in [6, 6.07) is 19.8. The maximum Gasteiger partial charge on any atom is 0.341 e. The van der Waals surface area contributed by atoms with Gasteiger partial charge in [-0.1, -0.05) is 18.2 Å². The number of anilines is 1. The summed E-state index contributed by atoms with van der Waals surface area (Å²) in [7, 11) is 2.75. The van der Waals surface area contributed by atoms with Gasteiger partial charge in [0.15, 0.2) is 0 Å². The SMILES string of the molecule is COC(=O)c1ccc(NC(=O)c2cccc(-n3cnc4ccccc43)c2)cc1OC. The van der Waals surface area contributed by atoms with Crippen LogP contribution in [-0.2, 0) is 4.74 Å². The minimum Gasteiger partial charge on any atom is -0.496 e. The molecule has 3 aromatic carbocycles. The number of fused-ring (bicyclic) bond motifs is 1. The van der Waals surface area contributed by atoms with Gasteiger partial charge in [-0.3, -0.25) is 9.36 Å². The number of nitrogens with one attached hydrogen (secondary N) is 1. The molecular formula is C23H19N3O4. The molecule has 4 aromatic rings. The van der Waals surface area contributed by atoms with Crippen molar-refractivity contribution >= 4 is 28.6 Å². The molecule has 150 valence electrons. The minimum atomic E-state index is -0.509. The average molecular weight is 401 g/mol. The summed E-state index contributed by atoms with van der Waals surface area (Å²) in [4.78, 5) is 29.0. The number of methoxy groups -OCH3 is 2. The Hall–Kier alpha value is -4.13. The predicted octanol–water partition coefficient (Wildman–Crippen LogP) is 4.07. The molecule has 0 radical (unpaired) electrons. The van der Waals surface area contributed by atoms with Crippen LogP contribution in [-0.4, -0.2) is 35.6 Å². The number of hydrogen-bond donors (Lipinski definition) is 1. The van der Waals surface area contributed by atoms with Gasteiger partial charge in [-0.05, 0) is 42.5 Å². The number of aromatic nitrogens is 2. The van der Waals surface area contributed by atoms with Crippen molar-refractivity contribution in [2.45, 2.75) is 0 Å². The Morgan fingerprint density at radius 2 is 1.80 bits per heavy atom. The lowest BCUT2D eigenvalue weighted by atomic mass is 10.1. The van der Waals surface area contributed by atoms with Gasteiger partial charge in [0.1, 0.15) is 17.6 Å². The van der Waals surface area contributed by atoms with Crippen LogP contribution in [0.5, 0.6) is 5.75 Å². The van der Waals surface area contributed by atoms with Crippen molar-refractivity contribution in [2.24, 2.45) is 0 Å². The first-order chi connectivity index (χ1) is 14.6. The molecule has 1 aromatic heterocycles. The molecule has 0 aliphatic carbocycles. The second-order valence-corrected chi connectivity index (χ2v) is 6.51. The van der Waals surface area contributed by atoms with Gasteiger partial charge in [-0.25, -0.2) is 9.78 Å². The molecule has 0 atom stereocenters. The minimum absolute atomic E-state index is 0.283. The van der Waals surface area contributed by atoms with Gasteiger partial charge in [0.05, 0.1) is 25.3 Å². The lowest BCUT2D eigenvalue weighted by Crippen LogP contribution is -2.13. The fourth-order valence-corrected chi connectivity index (χ4v) is 3.21. The highest BCUT2D eigenvalue weighted by Crippen LogP contribution is 2.25. The number of nitrogens with zero attached hydrogens (tertiary/aromatic N) is 2. The molecule has 1 N–H and O–H groups in total. The number of amides is 1. The van der Waals surface area contributed by atoms with Crippen molar-refractivity contribution < 1.29 is 19.1 Å². The van der Waals surface area contributed by atoms with Gasteiger partial charge < -0.3 is 14.8 Å². The largest absolute Gasteiger partial charge is 0.496 e. The molecule has 0 spiro atoms. The van der Waals surface area contributed by atoms with Crippen LogP contribution >= 0.6 is 0 Å². The molecule has 0 saturated heterocycles. The molecule has 0 bridgehead atoms. The molecule has 0 saturated carbocycles. The first-order valence-electron chi connectivity index (χ1n) is 9.21. The zero-order chi connectivity index (χ0) is 21.1. The van der Waals surface area contributed by atoms with E-state index in [4.69, 9.17) is 9.47 Å². The smallest absolute Gasteiger partial charge is 0.341 e. The van der Waals surface area contributed by atoms with E-state index in [0.717, 1.165) is 16.7 Å². The van der Waals surface area contributed by atoms with E-state index in [9.17, 15) is 9.59 Å². The van der Waals surface area contributed by atoms with Gasteiger partial charge in [-0.15, -0.1) is 0 Å². The third-order valence-corrected chi connectivity index (χ3v) is 4.70. The van der Waals surface area contributed by atoms with Crippen LogP contribution in [0.3, 0.4) is 0 Å². The maximum absolute atomic E-state index is 12.8. The number of carbonyl (C=O) groups is 2. The summed E-state index contributed by atoms with van der Waals surface area (Å²) < 4.78 is 11.9. The molecule has 1 heterocycles. The molecular weight excluding hydrogens is 382 g/mol. The zero-order valence-corrected chi connectivity index (χ0v) is 16.5. The molecule has 7 nitrogen and oxygen atoms in total. The van der Waals surface area contributed by atoms with Crippen LogP contribution in [0, 0.1) is 0 Å². The molecule has 1 amide bonds. The molecule has 0 aliphatic rings. The number of ether oxygens (including phenoxy) is 2. The Morgan fingerprint density at radius 3 is 2.60 bits per heavy atom. The van der Waals surface area contributed by atoms with Gasteiger partial charge in [0.25, 0.3) is 5.91 Å². The van der Waals surface area contributed by atoms with Gasteiger partial charge in [0, 0.05) is 23.0 Å². The fourth-order valence-electron chi connectivity index (χ4n) is 3.21. The summed E-state index contributed by atoms with van der Waals surface area (Å²) in [6.45, 7) is 0. The molecule has 4 rings (SSSR count). The topological polar surface area (TPSA) is 82.5 Å². The molecule has 0 aliphatic heterocycles.